The van der Waals surface area contributed by atoms with Crippen LogP contribution < -0.4 is 16.8 Å². The second-order valence-electron chi connectivity index (χ2n) is 3.68. The first-order valence-electron chi connectivity index (χ1n) is 4.29. The van der Waals surface area contributed by atoms with E-state index in [-0.39, 0.29) is 25.5 Å². The van der Waals surface area contributed by atoms with Crippen LogP contribution in [0, 0.1) is 0 Å². The number of primary amides is 1. The molecule has 0 aliphatic carbocycles. The Morgan fingerprint density at radius 2 is 2.00 bits per heavy atom. The van der Waals surface area contributed by atoms with Crippen LogP contribution >= 0.6 is 0 Å². The van der Waals surface area contributed by atoms with Crippen molar-refractivity contribution in [3.8, 4) is 0 Å². The van der Waals surface area contributed by atoms with Gasteiger partial charge in [-0.1, -0.05) is 0 Å². The van der Waals surface area contributed by atoms with Crippen LogP contribution in [-0.4, -0.2) is 30.7 Å². The van der Waals surface area contributed by atoms with E-state index in [9.17, 15) is 9.59 Å². The van der Waals surface area contributed by atoms with E-state index < -0.39 is 11.6 Å². The lowest BCUT2D eigenvalue weighted by molar-refractivity contribution is -0.122. The topological polar surface area (TPSA) is 107 Å². The fraction of sp³-hybridized carbons (Fsp3) is 0.750. The molecule has 0 bridgehead atoms. The molecule has 0 atom stereocenters. The molecule has 0 aliphatic rings. The van der Waals surface area contributed by atoms with Gasteiger partial charge in [0.25, 0.3) is 0 Å². The third kappa shape index (κ3) is 8.79. The van der Waals surface area contributed by atoms with E-state index in [2.05, 4.69) is 10.1 Å². The third-order valence-corrected chi connectivity index (χ3v) is 1.28. The fourth-order valence-corrected chi connectivity index (χ4v) is 0.818. The molecule has 6 nitrogen and oxygen atoms in total. The summed E-state index contributed by atoms with van der Waals surface area (Å²) in [5.74, 6) is -0.175. The summed E-state index contributed by atoms with van der Waals surface area (Å²) >= 11 is 0. The van der Waals surface area contributed by atoms with Crippen molar-refractivity contribution in [1.82, 2.24) is 5.32 Å². The van der Waals surface area contributed by atoms with Crippen molar-refractivity contribution in [2.75, 3.05) is 13.2 Å². The molecule has 82 valence electrons. The lowest BCUT2D eigenvalue weighted by Crippen LogP contribution is -2.40. The second-order valence-corrected chi connectivity index (χ2v) is 3.68. The zero-order valence-electron chi connectivity index (χ0n) is 8.50. The minimum atomic E-state index is -0.849. The van der Waals surface area contributed by atoms with Gasteiger partial charge in [-0.2, -0.15) is 0 Å². The number of nitrogens with two attached hydrogens (primary N) is 2. The highest BCUT2D eigenvalue weighted by molar-refractivity contribution is 5.77. The standard InChI is InChI=1S/C8H17N3O3/c1-8(2,10)5-6(12)11-3-4-14-7(9)13/h3-5,10H2,1-2H3,(H2,9,13)(H,11,12). The van der Waals surface area contributed by atoms with Crippen molar-refractivity contribution < 1.29 is 14.3 Å². The zero-order valence-corrected chi connectivity index (χ0v) is 8.50. The molecule has 0 heterocycles. The van der Waals surface area contributed by atoms with E-state index in [0.29, 0.717) is 0 Å². The smallest absolute Gasteiger partial charge is 0.404 e. The van der Waals surface area contributed by atoms with E-state index >= 15 is 0 Å². The Balaban J connectivity index is 3.50. The highest BCUT2D eigenvalue weighted by atomic mass is 16.5. The Kier molecular flexibility index (Phi) is 4.93. The van der Waals surface area contributed by atoms with Gasteiger partial charge in [0.15, 0.2) is 0 Å². The van der Waals surface area contributed by atoms with Gasteiger partial charge < -0.3 is 21.5 Å². The van der Waals surface area contributed by atoms with Crippen LogP contribution in [0.25, 0.3) is 0 Å². The van der Waals surface area contributed by atoms with Gasteiger partial charge in [0, 0.05) is 12.0 Å². The minimum Gasteiger partial charge on any atom is -0.448 e. The molecule has 14 heavy (non-hydrogen) atoms. The third-order valence-electron chi connectivity index (χ3n) is 1.28. The molecule has 0 spiro atoms. The van der Waals surface area contributed by atoms with Gasteiger partial charge in [0.05, 0.1) is 6.54 Å². The number of amides is 2. The molecular weight excluding hydrogens is 186 g/mol. The van der Waals surface area contributed by atoms with Crippen LogP contribution in [0.15, 0.2) is 0 Å². The van der Waals surface area contributed by atoms with Gasteiger partial charge >= 0.3 is 6.09 Å². The number of rotatable bonds is 5. The molecule has 5 N–H and O–H groups in total. The summed E-state index contributed by atoms with van der Waals surface area (Å²) in [4.78, 5) is 21.3. The van der Waals surface area contributed by atoms with E-state index in [1.54, 1.807) is 13.8 Å². The van der Waals surface area contributed by atoms with Crippen molar-refractivity contribution >= 4 is 12.0 Å². The van der Waals surface area contributed by atoms with Crippen molar-refractivity contribution in [3.05, 3.63) is 0 Å². The van der Waals surface area contributed by atoms with Crippen LogP contribution in [0.5, 0.6) is 0 Å². The number of nitrogens with one attached hydrogen (secondary N) is 1. The summed E-state index contributed by atoms with van der Waals surface area (Å²) in [6.45, 7) is 3.84. The number of ether oxygens (including phenoxy) is 1. The minimum absolute atomic E-state index is 0.0755. The number of hydrogen-bond donors (Lipinski definition) is 3. The molecule has 0 aromatic heterocycles. The van der Waals surface area contributed by atoms with E-state index in [1.165, 1.54) is 0 Å². The van der Waals surface area contributed by atoms with Crippen LogP contribution in [0.3, 0.4) is 0 Å². The first-order valence-corrected chi connectivity index (χ1v) is 4.29. The van der Waals surface area contributed by atoms with Gasteiger partial charge in [-0.15, -0.1) is 0 Å². The molecule has 0 fully saturated rings. The zero-order chi connectivity index (χ0) is 11.2. The van der Waals surface area contributed by atoms with Crippen LogP contribution in [0.4, 0.5) is 4.79 Å². The summed E-state index contributed by atoms with van der Waals surface area (Å²) in [6.07, 6.45) is -0.623. The van der Waals surface area contributed by atoms with E-state index in [0.717, 1.165) is 0 Å². The van der Waals surface area contributed by atoms with E-state index in [4.69, 9.17) is 11.5 Å². The number of carbonyl (C=O) groups is 2. The molecule has 0 aliphatic heterocycles. The van der Waals surface area contributed by atoms with Crippen molar-refractivity contribution in [2.45, 2.75) is 25.8 Å². The summed E-state index contributed by atoms with van der Waals surface area (Å²) in [5, 5.41) is 2.54. The normalized spacial score (nSPS) is 10.8. The Morgan fingerprint density at radius 3 is 2.43 bits per heavy atom. The molecular formula is C8H17N3O3. The van der Waals surface area contributed by atoms with Crippen molar-refractivity contribution in [2.24, 2.45) is 11.5 Å². The average molecular weight is 203 g/mol. The highest BCUT2D eigenvalue weighted by Gasteiger charge is 2.15. The average Bonchev–Trinajstić information content (AvgIpc) is 1.94. The Hall–Kier alpha value is -1.30. The molecule has 0 saturated carbocycles. The fourth-order valence-electron chi connectivity index (χ4n) is 0.818. The number of hydrogen-bond acceptors (Lipinski definition) is 4. The van der Waals surface area contributed by atoms with Crippen molar-refractivity contribution in [3.63, 3.8) is 0 Å². The lowest BCUT2D eigenvalue weighted by Gasteiger charge is -2.17. The van der Waals surface area contributed by atoms with Crippen molar-refractivity contribution in [1.29, 1.82) is 0 Å². The number of carbonyl (C=O) groups excluding carboxylic acids is 2. The lowest BCUT2D eigenvalue weighted by atomic mass is 10.0. The first kappa shape index (κ1) is 12.7. The Labute approximate surface area is 83.0 Å². The largest absolute Gasteiger partial charge is 0.448 e. The van der Waals surface area contributed by atoms with Gasteiger partial charge in [-0.25, -0.2) is 4.79 Å². The predicted molar refractivity (Wildman–Crippen MR) is 51.4 cm³/mol. The quantitative estimate of drug-likeness (QED) is 0.515. The molecule has 6 heteroatoms. The molecule has 0 radical (unpaired) electrons. The van der Waals surface area contributed by atoms with E-state index in [1.807, 2.05) is 0 Å². The summed E-state index contributed by atoms with van der Waals surface area (Å²) in [5.41, 5.74) is 9.81. The van der Waals surface area contributed by atoms with Gasteiger partial charge in [-0.05, 0) is 13.8 Å². The summed E-state index contributed by atoms with van der Waals surface area (Å²) < 4.78 is 4.42. The maximum Gasteiger partial charge on any atom is 0.404 e. The maximum absolute atomic E-state index is 11.1. The van der Waals surface area contributed by atoms with Gasteiger partial charge in [0.1, 0.15) is 6.61 Å². The highest BCUT2D eigenvalue weighted by Crippen LogP contribution is 2.01. The summed E-state index contributed by atoms with van der Waals surface area (Å²) in [6, 6.07) is 0. The molecule has 0 aromatic rings. The summed E-state index contributed by atoms with van der Waals surface area (Å²) in [7, 11) is 0. The Bertz CT molecular complexity index is 210. The molecule has 0 saturated heterocycles. The monoisotopic (exact) mass is 203 g/mol. The molecule has 0 unspecified atom stereocenters. The van der Waals surface area contributed by atoms with Gasteiger partial charge in [0.2, 0.25) is 5.91 Å². The van der Waals surface area contributed by atoms with Crippen LogP contribution in [0.2, 0.25) is 0 Å². The molecule has 2 amide bonds. The molecule has 0 rings (SSSR count). The van der Waals surface area contributed by atoms with Crippen LogP contribution in [-0.2, 0) is 9.53 Å². The SMILES string of the molecule is CC(C)(N)CC(=O)NCCOC(N)=O. The van der Waals surface area contributed by atoms with Gasteiger partial charge in [-0.3, -0.25) is 4.79 Å². The predicted octanol–water partition coefficient (Wildman–Crippen LogP) is -0.675. The maximum atomic E-state index is 11.1. The first-order chi connectivity index (χ1) is 6.31. The Morgan fingerprint density at radius 1 is 1.43 bits per heavy atom. The molecule has 0 aromatic carbocycles. The van der Waals surface area contributed by atoms with Crippen LogP contribution in [0.1, 0.15) is 20.3 Å². The second kappa shape index (κ2) is 5.43.